The molecule has 0 saturated carbocycles. The largest absolute Gasteiger partial charge is 0.378 e. The van der Waals surface area contributed by atoms with Crippen molar-refractivity contribution in [2.75, 3.05) is 37.7 Å². The van der Waals surface area contributed by atoms with Gasteiger partial charge in [0.15, 0.2) is 5.82 Å². The number of amides is 1. The molecule has 1 aliphatic rings. The van der Waals surface area contributed by atoms with Crippen molar-refractivity contribution in [2.24, 2.45) is 7.05 Å². The summed E-state index contributed by atoms with van der Waals surface area (Å²) in [6, 6.07) is 11.9. The summed E-state index contributed by atoms with van der Waals surface area (Å²) >= 11 is 4.74. The SMILES string of the molecule is CC(=O)NC/C=C/c1nc(-c2cccc3c2cnn3C)nc(N2CCOCC2)c1S.Cc1ccccn1. The van der Waals surface area contributed by atoms with Gasteiger partial charge < -0.3 is 15.0 Å². The Morgan fingerprint density at radius 1 is 1.16 bits per heavy atom. The molecule has 10 heteroatoms. The molecule has 1 aromatic carbocycles. The number of carbonyl (C=O) groups excluding carboxylic acids is 1. The Labute approximate surface area is 222 Å². The second-order valence-electron chi connectivity index (χ2n) is 8.52. The molecule has 5 rings (SSSR count). The van der Waals surface area contributed by atoms with Gasteiger partial charge >= 0.3 is 0 Å². The molecule has 1 fully saturated rings. The van der Waals surface area contributed by atoms with Gasteiger partial charge in [-0.15, -0.1) is 12.6 Å². The lowest BCUT2D eigenvalue weighted by Crippen LogP contribution is -2.37. The van der Waals surface area contributed by atoms with Gasteiger partial charge in [-0.2, -0.15) is 5.10 Å². The van der Waals surface area contributed by atoms with Gasteiger partial charge in [0, 0.05) is 56.4 Å². The second kappa shape index (κ2) is 12.5. The highest BCUT2D eigenvalue weighted by Gasteiger charge is 2.20. The summed E-state index contributed by atoms with van der Waals surface area (Å²) in [5.41, 5.74) is 3.71. The van der Waals surface area contributed by atoms with E-state index < -0.39 is 0 Å². The molecule has 1 aliphatic heterocycles. The van der Waals surface area contributed by atoms with Gasteiger partial charge in [-0.3, -0.25) is 14.5 Å². The van der Waals surface area contributed by atoms with Crippen LogP contribution < -0.4 is 10.2 Å². The zero-order valence-corrected chi connectivity index (χ0v) is 22.2. The maximum atomic E-state index is 11.1. The highest BCUT2D eigenvalue weighted by atomic mass is 32.1. The smallest absolute Gasteiger partial charge is 0.217 e. The number of carbonyl (C=O) groups is 1. The number of aromatic nitrogens is 5. The number of aryl methyl sites for hydroxylation is 2. The number of anilines is 1. The Bertz CT molecular complexity index is 1380. The number of pyridine rings is 1. The van der Waals surface area contributed by atoms with Crippen LogP contribution in [0, 0.1) is 6.92 Å². The number of thiol groups is 1. The fourth-order valence-electron chi connectivity index (χ4n) is 3.89. The highest BCUT2D eigenvalue weighted by molar-refractivity contribution is 7.80. The molecule has 9 nitrogen and oxygen atoms in total. The van der Waals surface area contributed by atoms with Gasteiger partial charge in [-0.05, 0) is 31.2 Å². The van der Waals surface area contributed by atoms with Gasteiger partial charge in [0.1, 0.15) is 5.82 Å². The lowest BCUT2D eigenvalue weighted by atomic mass is 10.1. The van der Waals surface area contributed by atoms with E-state index in [1.807, 2.05) is 73.4 Å². The van der Waals surface area contributed by atoms with Crippen molar-refractivity contribution < 1.29 is 9.53 Å². The third-order valence-corrected chi connectivity index (χ3v) is 6.22. The third kappa shape index (κ3) is 6.72. The van der Waals surface area contributed by atoms with E-state index in [1.165, 1.54) is 6.92 Å². The van der Waals surface area contributed by atoms with E-state index in [4.69, 9.17) is 27.3 Å². The van der Waals surface area contributed by atoms with Crippen molar-refractivity contribution >= 4 is 41.3 Å². The van der Waals surface area contributed by atoms with E-state index in [-0.39, 0.29) is 5.91 Å². The number of nitrogens with zero attached hydrogens (tertiary/aromatic N) is 6. The number of morpholine rings is 1. The Kier molecular flexibility index (Phi) is 8.86. The van der Waals surface area contributed by atoms with Crippen LogP contribution in [0.25, 0.3) is 28.4 Å². The minimum atomic E-state index is -0.0774. The summed E-state index contributed by atoms with van der Waals surface area (Å²) in [6.07, 6.45) is 7.36. The molecular formula is C27H31N7O2S. The van der Waals surface area contributed by atoms with Crippen LogP contribution in [0.5, 0.6) is 0 Å². The van der Waals surface area contributed by atoms with E-state index in [0.717, 1.165) is 41.1 Å². The van der Waals surface area contributed by atoms with Gasteiger partial charge in [0.2, 0.25) is 5.91 Å². The van der Waals surface area contributed by atoms with Crippen molar-refractivity contribution in [1.82, 2.24) is 30.0 Å². The van der Waals surface area contributed by atoms with E-state index in [0.29, 0.717) is 36.2 Å². The summed E-state index contributed by atoms with van der Waals surface area (Å²) in [5.74, 6) is 1.32. The molecule has 0 radical (unpaired) electrons. The first-order chi connectivity index (χ1) is 17.9. The van der Waals surface area contributed by atoms with Crippen molar-refractivity contribution in [3.05, 3.63) is 66.3 Å². The van der Waals surface area contributed by atoms with E-state index in [2.05, 4.69) is 20.3 Å². The number of nitrogens with one attached hydrogen (secondary N) is 1. The third-order valence-electron chi connectivity index (χ3n) is 5.79. The first-order valence-electron chi connectivity index (χ1n) is 12.1. The van der Waals surface area contributed by atoms with E-state index in [9.17, 15) is 4.79 Å². The summed E-state index contributed by atoms with van der Waals surface area (Å²) < 4.78 is 7.33. The van der Waals surface area contributed by atoms with Crippen LogP contribution in [0.1, 0.15) is 18.3 Å². The molecule has 0 aliphatic carbocycles. The average Bonchev–Trinajstić information content (AvgIpc) is 3.29. The fraction of sp³-hybridized carbons (Fsp3) is 0.296. The molecular weight excluding hydrogens is 486 g/mol. The molecule has 1 amide bonds. The molecule has 1 N–H and O–H groups in total. The van der Waals surface area contributed by atoms with Crippen LogP contribution in [0.15, 0.2) is 59.8 Å². The van der Waals surface area contributed by atoms with Crippen molar-refractivity contribution in [1.29, 1.82) is 0 Å². The lowest BCUT2D eigenvalue weighted by Gasteiger charge is -2.29. The predicted molar refractivity (Wildman–Crippen MR) is 149 cm³/mol. The fourth-order valence-corrected chi connectivity index (χ4v) is 4.20. The van der Waals surface area contributed by atoms with Gasteiger partial charge in [-0.1, -0.05) is 24.3 Å². The number of fused-ring (bicyclic) bond motifs is 1. The molecule has 3 aromatic heterocycles. The summed E-state index contributed by atoms with van der Waals surface area (Å²) in [5, 5.41) is 8.12. The molecule has 0 bridgehead atoms. The Balaban J connectivity index is 0.000000396. The van der Waals surface area contributed by atoms with Crippen molar-refractivity contribution in [3.8, 4) is 11.4 Å². The molecule has 192 valence electrons. The van der Waals surface area contributed by atoms with Crippen LogP contribution in [0.3, 0.4) is 0 Å². The zero-order chi connectivity index (χ0) is 26.2. The summed E-state index contributed by atoms with van der Waals surface area (Å²) in [6.45, 7) is 6.68. The first kappa shape index (κ1) is 26.3. The Morgan fingerprint density at radius 3 is 2.65 bits per heavy atom. The van der Waals surface area contributed by atoms with Crippen LogP contribution >= 0.6 is 12.6 Å². The summed E-state index contributed by atoms with van der Waals surface area (Å²) in [7, 11) is 1.92. The molecule has 1 saturated heterocycles. The Hall–Kier alpha value is -3.76. The summed E-state index contributed by atoms with van der Waals surface area (Å²) in [4.78, 5) is 27.7. The molecule has 37 heavy (non-hydrogen) atoms. The second-order valence-corrected chi connectivity index (χ2v) is 8.97. The van der Waals surface area contributed by atoms with Crippen LogP contribution in [0.2, 0.25) is 0 Å². The maximum Gasteiger partial charge on any atom is 0.217 e. The average molecular weight is 518 g/mol. The highest BCUT2D eigenvalue weighted by Crippen LogP contribution is 2.32. The zero-order valence-electron chi connectivity index (χ0n) is 21.3. The molecule has 0 spiro atoms. The quantitative estimate of drug-likeness (QED) is 0.390. The topological polar surface area (TPSA) is 98.1 Å². The molecule has 0 atom stereocenters. The molecule has 4 aromatic rings. The molecule has 4 heterocycles. The first-order valence-corrected chi connectivity index (χ1v) is 12.5. The standard InChI is InChI=1S/C21H24N6O2S.C6H7N/c1-14(28)22-8-4-6-17-19(30)21(27-9-11-29-12-10-27)25-20(24-17)15-5-3-7-18-16(15)13-23-26(18)2;1-6-4-2-3-5-7-6/h3-7,13,30H,8-12H2,1-2H3,(H,22,28);2-5H,1H3/b6-4+;. The van der Waals surface area contributed by atoms with Crippen LogP contribution in [-0.2, 0) is 16.6 Å². The van der Waals surface area contributed by atoms with Crippen LogP contribution in [0.4, 0.5) is 5.82 Å². The number of hydrogen-bond acceptors (Lipinski definition) is 8. The van der Waals surface area contributed by atoms with Crippen molar-refractivity contribution in [3.63, 3.8) is 0 Å². The minimum absolute atomic E-state index is 0.0774. The predicted octanol–water partition coefficient (Wildman–Crippen LogP) is 3.69. The number of hydrogen-bond donors (Lipinski definition) is 2. The number of ether oxygens (including phenoxy) is 1. The number of benzene rings is 1. The lowest BCUT2D eigenvalue weighted by molar-refractivity contribution is -0.118. The monoisotopic (exact) mass is 517 g/mol. The van der Waals surface area contributed by atoms with Crippen molar-refractivity contribution in [2.45, 2.75) is 18.7 Å². The normalized spacial score (nSPS) is 13.5. The van der Waals surface area contributed by atoms with Gasteiger partial charge in [-0.25, -0.2) is 9.97 Å². The van der Waals surface area contributed by atoms with Crippen LogP contribution in [-0.4, -0.2) is 63.5 Å². The number of rotatable bonds is 5. The minimum Gasteiger partial charge on any atom is -0.378 e. The van der Waals surface area contributed by atoms with Gasteiger partial charge in [0.05, 0.1) is 35.5 Å². The van der Waals surface area contributed by atoms with E-state index in [1.54, 1.807) is 6.20 Å². The maximum absolute atomic E-state index is 11.1. The Morgan fingerprint density at radius 2 is 1.97 bits per heavy atom. The van der Waals surface area contributed by atoms with E-state index >= 15 is 0 Å². The molecule has 0 unspecified atom stereocenters. The van der Waals surface area contributed by atoms with Gasteiger partial charge in [0.25, 0.3) is 0 Å².